The Balaban J connectivity index is 2.69. The fourth-order valence-electron chi connectivity index (χ4n) is 0.783. The van der Waals surface area contributed by atoms with Crippen LogP contribution in [-0.4, -0.2) is 34.2 Å². The van der Waals surface area contributed by atoms with Crippen LogP contribution in [0, 0.1) is 0 Å². The Morgan fingerprint density at radius 1 is 1.83 bits per heavy atom. The molecule has 0 aromatic carbocycles. The van der Waals surface area contributed by atoms with Crippen molar-refractivity contribution in [2.24, 2.45) is 15.7 Å². The van der Waals surface area contributed by atoms with E-state index >= 15 is 0 Å². The van der Waals surface area contributed by atoms with Crippen LogP contribution in [0.15, 0.2) is 9.98 Å². The molecule has 5 nitrogen and oxygen atoms in total. The molecule has 3 N–H and O–H groups in total. The van der Waals surface area contributed by atoms with Gasteiger partial charge in [-0.2, -0.15) is 0 Å². The Morgan fingerprint density at radius 3 is 3.00 bits per heavy atom. The van der Waals surface area contributed by atoms with Gasteiger partial charge in [-0.05, 0) is 0 Å². The summed E-state index contributed by atoms with van der Waals surface area (Å²) in [4.78, 5) is 18.1. The fraction of sp³-hybridized carbons (Fsp3) is 0.333. The molecule has 12 heavy (non-hydrogen) atoms. The van der Waals surface area contributed by atoms with E-state index in [9.17, 15) is 4.79 Å². The van der Waals surface area contributed by atoms with E-state index in [1.807, 2.05) is 0 Å². The molecule has 0 bridgehead atoms. The van der Waals surface area contributed by atoms with Crippen LogP contribution in [0.2, 0.25) is 0 Å². The van der Waals surface area contributed by atoms with Gasteiger partial charge in [0, 0.05) is 0 Å². The van der Waals surface area contributed by atoms with Crippen molar-refractivity contribution in [3.8, 4) is 0 Å². The van der Waals surface area contributed by atoms with Crippen LogP contribution in [0.25, 0.3) is 0 Å². The molecule has 1 rings (SSSR count). The van der Waals surface area contributed by atoms with Gasteiger partial charge >= 0.3 is 5.97 Å². The summed E-state index contributed by atoms with van der Waals surface area (Å²) in [5, 5.41) is 8.43. The highest BCUT2D eigenvalue weighted by atomic mass is 32.1. The molecule has 1 aliphatic heterocycles. The second-order valence-corrected chi connectivity index (χ2v) is 2.69. The summed E-state index contributed by atoms with van der Waals surface area (Å²) in [6.45, 7) is 0. The van der Waals surface area contributed by atoms with Gasteiger partial charge in [-0.25, -0.2) is 4.99 Å². The van der Waals surface area contributed by atoms with Crippen LogP contribution < -0.4 is 5.73 Å². The fourth-order valence-corrected chi connectivity index (χ4v) is 0.950. The van der Waals surface area contributed by atoms with Crippen molar-refractivity contribution >= 4 is 35.2 Å². The van der Waals surface area contributed by atoms with Crippen LogP contribution in [-0.2, 0) is 4.79 Å². The van der Waals surface area contributed by atoms with Gasteiger partial charge < -0.3 is 10.8 Å². The van der Waals surface area contributed by atoms with E-state index in [1.165, 1.54) is 6.21 Å². The number of nitrogens with zero attached hydrogens (tertiary/aromatic N) is 2. The number of nitrogens with two attached hydrogens (primary N) is 1. The van der Waals surface area contributed by atoms with Crippen molar-refractivity contribution in [3.05, 3.63) is 0 Å². The maximum absolute atomic E-state index is 10.3. The van der Waals surface area contributed by atoms with Crippen molar-refractivity contribution in [1.82, 2.24) is 0 Å². The van der Waals surface area contributed by atoms with Crippen molar-refractivity contribution in [2.45, 2.75) is 12.5 Å². The van der Waals surface area contributed by atoms with Gasteiger partial charge in [-0.15, -0.1) is 0 Å². The topological polar surface area (TPSA) is 88.0 Å². The molecule has 0 aromatic rings. The highest BCUT2D eigenvalue weighted by molar-refractivity contribution is 7.81. The van der Waals surface area contributed by atoms with Crippen molar-refractivity contribution < 1.29 is 9.90 Å². The van der Waals surface area contributed by atoms with Crippen LogP contribution in [0.3, 0.4) is 0 Å². The third-order valence-corrected chi connectivity index (χ3v) is 1.51. The summed E-state index contributed by atoms with van der Waals surface area (Å²) in [6, 6.07) is -0.561. The highest BCUT2D eigenvalue weighted by Gasteiger charge is 2.18. The molecular weight excluding hydrogens is 178 g/mol. The number of aliphatic carboxylic acids is 1. The second kappa shape index (κ2) is 3.40. The lowest BCUT2D eigenvalue weighted by Gasteiger charge is -2.12. The first-order valence-corrected chi connectivity index (χ1v) is 3.63. The van der Waals surface area contributed by atoms with Crippen LogP contribution in [0.4, 0.5) is 0 Å². The normalized spacial score (nSPS) is 22.2. The van der Waals surface area contributed by atoms with Crippen molar-refractivity contribution in [1.29, 1.82) is 0 Å². The number of rotatable bonds is 2. The van der Waals surface area contributed by atoms with E-state index in [0.717, 1.165) is 0 Å². The van der Waals surface area contributed by atoms with Gasteiger partial charge in [-0.3, -0.25) is 9.79 Å². The van der Waals surface area contributed by atoms with Crippen LogP contribution >= 0.6 is 12.2 Å². The standard InChI is InChI=1S/C6H7N3O2S/c7-6-3(1-5(10)11)8-2-4(12)9-6/h2-3H,1H2,(H,10,11)(H2,7,9,12). The molecule has 0 saturated carbocycles. The van der Waals surface area contributed by atoms with Gasteiger partial charge in [0.05, 0.1) is 12.6 Å². The monoisotopic (exact) mass is 185 g/mol. The summed E-state index contributed by atoms with van der Waals surface area (Å²) < 4.78 is 0. The summed E-state index contributed by atoms with van der Waals surface area (Å²) in [5.74, 6) is -0.784. The molecule has 0 aromatic heterocycles. The Morgan fingerprint density at radius 2 is 2.50 bits per heavy atom. The highest BCUT2D eigenvalue weighted by Crippen LogP contribution is 2.02. The predicted octanol–water partition coefficient (Wildman–Crippen LogP) is -0.401. The quantitative estimate of drug-likeness (QED) is 0.573. The Labute approximate surface area is 74.0 Å². The minimum absolute atomic E-state index is 0.144. The molecule has 1 aliphatic rings. The van der Waals surface area contributed by atoms with Gasteiger partial charge in [0.15, 0.2) is 0 Å². The third-order valence-electron chi connectivity index (χ3n) is 1.31. The number of hydrogen-bond acceptors (Lipinski definition) is 4. The van der Waals surface area contributed by atoms with E-state index in [2.05, 4.69) is 22.2 Å². The zero-order valence-corrected chi connectivity index (χ0v) is 6.91. The second-order valence-electron chi connectivity index (χ2n) is 2.27. The van der Waals surface area contributed by atoms with E-state index < -0.39 is 12.0 Å². The number of amidine groups is 1. The lowest BCUT2D eigenvalue weighted by Crippen LogP contribution is -2.33. The Hall–Kier alpha value is -1.30. The number of carboxylic acids is 1. The number of aliphatic imine (C=N–C) groups is 2. The lowest BCUT2D eigenvalue weighted by atomic mass is 10.2. The molecule has 64 valence electrons. The van der Waals surface area contributed by atoms with Gasteiger partial charge in [0.1, 0.15) is 16.9 Å². The smallest absolute Gasteiger partial charge is 0.305 e. The average Bonchev–Trinajstić information content (AvgIpc) is 1.94. The summed E-state index contributed by atoms with van der Waals surface area (Å²) in [5.41, 5.74) is 5.40. The van der Waals surface area contributed by atoms with Crippen LogP contribution in [0.1, 0.15) is 6.42 Å². The van der Waals surface area contributed by atoms with Gasteiger partial charge in [0.2, 0.25) is 0 Å². The number of carboxylic acid groups (broad SMARTS) is 1. The predicted molar refractivity (Wildman–Crippen MR) is 48.8 cm³/mol. The molecular formula is C6H7N3O2S. The maximum Gasteiger partial charge on any atom is 0.305 e. The number of thiocarbonyl (C=S) groups is 1. The molecule has 0 amide bonds. The molecule has 1 unspecified atom stereocenters. The average molecular weight is 185 g/mol. The molecule has 6 heteroatoms. The first-order valence-electron chi connectivity index (χ1n) is 3.22. The molecule has 0 saturated heterocycles. The number of carbonyl (C=O) groups is 1. The molecule has 0 aliphatic carbocycles. The lowest BCUT2D eigenvalue weighted by molar-refractivity contribution is -0.137. The van der Waals surface area contributed by atoms with Crippen LogP contribution in [0.5, 0.6) is 0 Å². The summed E-state index contributed by atoms with van der Waals surface area (Å²) >= 11 is 4.69. The maximum atomic E-state index is 10.3. The summed E-state index contributed by atoms with van der Waals surface area (Å²) in [7, 11) is 0. The first kappa shape index (κ1) is 8.79. The Kier molecular flexibility index (Phi) is 2.49. The molecule has 1 heterocycles. The molecule has 1 atom stereocenters. The van der Waals surface area contributed by atoms with Crippen molar-refractivity contribution in [3.63, 3.8) is 0 Å². The van der Waals surface area contributed by atoms with Gasteiger partial charge in [0.25, 0.3) is 0 Å². The third kappa shape index (κ3) is 2.09. The van der Waals surface area contributed by atoms with Gasteiger partial charge in [-0.1, -0.05) is 12.2 Å². The zero-order chi connectivity index (χ0) is 9.14. The summed E-state index contributed by atoms with van der Waals surface area (Å²) in [6.07, 6.45) is 1.20. The van der Waals surface area contributed by atoms with E-state index in [0.29, 0.717) is 0 Å². The largest absolute Gasteiger partial charge is 0.481 e. The molecule has 0 radical (unpaired) electrons. The van der Waals surface area contributed by atoms with E-state index in [1.54, 1.807) is 0 Å². The van der Waals surface area contributed by atoms with Crippen molar-refractivity contribution in [2.75, 3.05) is 0 Å². The molecule has 0 fully saturated rings. The zero-order valence-electron chi connectivity index (χ0n) is 6.10. The van der Waals surface area contributed by atoms with E-state index in [-0.39, 0.29) is 17.2 Å². The minimum atomic E-state index is -0.955. The minimum Gasteiger partial charge on any atom is -0.481 e. The molecule has 0 spiro atoms. The SMILES string of the molecule is NC1=NC(=S)C=NC1CC(=O)O. The van der Waals surface area contributed by atoms with E-state index in [4.69, 9.17) is 10.8 Å². The number of hydrogen-bond donors (Lipinski definition) is 2. The Bertz CT molecular complexity index is 285. The first-order chi connectivity index (χ1) is 5.59.